The highest BCUT2D eigenvalue weighted by atomic mass is 16.5. The smallest absolute Gasteiger partial charge is 0.338 e. The second kappa shape index (κ2) is 9.39. The molecular weight excluding hydrogens is 396 g/mol. The molecule has 0 saturated carbocycles. The molecule has 1 saturated heterocycles. The number of carbonyl (C=O) groups is 1. The van der Waals surface area contributed by atoms with E-state index in [9.17, 15) is 14.7 Å². The molecule has 0 radical (unpaired) electrons. The van der Waals surface area contributed by atoms with Crippen molar-refractivity contribution >= 4 is 33.5 Å². The lowest BCUT2D eigenvalue weighted by Crippen LogP contribution is -2.36. The molecule has 31 heavy (non-hydrogen) atoms. The Morgan fingerprint density at radius 3 is 2.71 bits per heavy atom. The highest BCUT2D eigenvalue weighted by Gasteiger charge is 2.17. The largest absolute Gasteiger partial charge is 0.507 e. The van der Waals surface area contributed by atoms with Crippen LogP contribution in [0.1, 0.15) is 43.0 Å². The van der Waals surface area contributed by atoms with Gasteiger partial charge in [-0.1, -0.05) is 26.2 Å². The summed E-state index contributed by atoms with van der Waals surface area (Å²) < 4.78 is 10.8. The Morgan fingerprint density at radius 2 is 1.94 bits per heavy atom. The summed E-state index contributed by atoms with van der Waals surface area (Å²) in [4.78, 5) is 30.8. The van der Waals surface area contributed by atoms with Gasteiger partial charge in [0.15, 0.2) is 0 Å². The molecule has 0 spiro atoms. The zero-order valence-electron chi connectivity index (χ0n) is 17.8. The van der Waals surface area contributed by atoms with Gasteiger partial charge in [0.1, 0.15) is 5.75 Å². The Hall–Kier alpha value is -3.06. The Bertz CT molecular complexity index is 1150. The molecule has 0 aliphatic carbocycles. The van der Waals surface area contributed by atoms with E-state index in [1.165, 1.54) is 0 Å². The minimum Gasteiger partial charge on any atom is -0.507 e. The number of phenolic OH excluding ortho intramolecular Hbond substituents is 1. The number of aromatic nitrogens is 1. The van der Waals surface area contributed by atoms with Crippen LogP contribution >= 0.6 is 0 Å². The van der Waals surface area contributed by atoms with Crippen LogP contribution in [0, 0.1) is 0 Å². The molecule has 0 unspecified atom stereocenters. The third-order valence-electron chi connectivity index (χ3n) is 5.71. The lowest BCUT2D eigenvalue weighted by molar-refractivity contribution is 0.0498. The van der Waals surface area contributed by atoms with E-state index in [0.29, 0.717) is 41.8 Å². The molecule has 3 aromatic rings. The summed E-state index contributed by atoms with van der Waals surface area (Å²) >= 11 is 0. The van der Waals surface area contributed by atoms with Crippen molar-refractivity contribution in [1.82, 2.24) is 4.98 Å². The van der Waals surface area contributed by atoms with Crippen LogP contribution in [0.2, 0.25) is 0 Å². The molecule has 4 rings (SSSR count). The maximum Gasteiger partial charge on any atom is 0.338 e. The number of pyridine rings is 1. The third kappa shape index (κ3) is 4.51. The van der Waals surface area contributed by atoms with Gasteiger partial charge in [-0.2, -0.15) is 0 Å². The van der Waals surface area contributed by atoms with Gasteiger partial charge in [-0.05, 0) is 30.7 Å². The molecule has 2 N–H and O–H groups in total. The van der Waals surface area contributed by atoms with Crippen molar-refractivity contribution in [2.75, 3.05) is 37.8 Å². The molecule has 2 aromatic carbocycles. The molecule has 1 aliphatic heterocycles. The minimum absolute atomic E-state index is 0.0577. The first-order valence-electron chi connectivity index (χ1n) is 10.9. The van der Waals surface area contributed by atoms with Gasteiger partial charge in [-0.15, -0.1) is 0 Å². The van der Waals surface area contributed by atoms with E-state index in [4.69, 9.17) is 9.47 Å². The van der Waals surface area contributed by atoms with Gasteiger partial charge in [0, 0.05) is 30.2 Å². The van der Waals surface area contributed by atoms with E-state index < -0.39 is 5.97 Å². The number of morpholine rings is 1. The van der Waals surface area contributed by atoms with Crippen molar-refractivity contribution in [2.24, 2.45) is 0 Å². The highest BCUT2D eigenvalue weighted by molar-refractivity contribution is 6.00. The van der Waals surface area contributed by atoms with Gasteiger partial charge in [0.25, 0.3) is 0 Å². The van der Waals surface area contributed by atoms with E-state index >= 15 is 0 Å². The average Bonchev–Trinajstić information content (AvgIpc) is 2.78. The van der Waals surface area contributed by atoms with Crippen LogP contribution in [-0.2, 0) is 9.47 Å². The zero-order chi connectivity index (χ0) is 21.8. The second-order valence-corrected chi connectivity index (χ2v) is 7.90. The predicted octanol–water partition coefficient (Wildman–Crippen LogP) is 3.96. The molecule has 2 heterocycles. The van der Waals surface area contributed by atoms with Crippen LogP contribution in [0.15, 0.2) is 35.1 Å². The molecule has 1 aromatic heterocycles. The van der Waals surface area contributed by atoms with Crippen LogP contribution in [-0.4, -0.2) is 49.0 Å². The molecule has 7 heteroatoms. The predicted molar refractivity (Wildman–Crippen MR) is 121 cm³/mol. The van der Waals surface area contributed by atoms with Crippen LogP contribution < -0.4 is 10.3 Å². The summed E-state index contributed by atoms with van der Waals surface area (Å²) in [6, 6.07) is 8.33. The van der Waals surface area contributed by atoms with Crippen LogP contribution in [0.3, 0.4) is 0 Å². The Balaban J connectivity index is 1.65. The van der Waals surface area contributed by atoms with Crippen molar-refractivity contribution in [3.63, 3.8) is 0 Å². The number of rotatable bonds is 7. The van der Waals surface area contributed by atoms with E-state index in [2.05, 4.69) is 16.8 Å². The highest BCUT2D eigenvalue weighted by Crippen LogP contribution is 2.30. The number of aromatic hydroxyl groups is 1. The summed E-state index contributed by atoms with van der Waals surface area (Å²) in [5.41, 5.74) is 2.02. The molecule has 0 amide bonds. The number of phenols is 1. The van der Waals surface area contributed by atoms with Crippen molar-refractivity contribution in [3.8, 4) is 5.75 Å². The van der Waals surface area contributed by atoms with Crippen LogP contribution in [0.25, 0.3) is 21.8 Å². The first kappa shape index (κ1) is 21.2. The van der Waals surface area contributed by atoms with Gasteiger partial charge in [0.05, 0.1) is 41.8 Å². The van der Waals surface area contributed by atoms with Gasteiger partial charge in [-0.3, -0.25) is 4.79 Å². The number of benzene rings is 2. The lowest BCUT2D eigenvalue weighted by Gasteiger charge is -2.29. The summed E-state index contributed by atoms with van der Waals surface area (Å²) in [5, 5.41) is 11.2. The first-order chi connectivity index (χ1) is 15.1. The molecule has 7 nitrogen and oxygen atoms in total. The quantitative estimate of drug-likeness (QED) is 0.339. The second-order valence-electron chi connectivity index (χ2n) is 7.90. The molecule has 164 valence electrons. The molecular formula is C24H28N2O5. The van der Waals surface area contributed by atoms with Gasteiger partial charge in [0.2, 0.25) is 5.43 Å². The van der Waals surface area contributed by atoms with Crippen molar-refractivity contribution < 1.29 is 19.4 Å². The number of fused-ring (bicyclic) bond motifs is 2. The van der Waals surface area contributed by atoms with Crippen LogP contribution in [0.5, 0.6) is 5.75 Å². The van der Waals surface area contributed by atoms with E-state index in [-0.39, 0.29) is 16.6 Å². The topological polar surface area (TPSA) is 91.9 Å². The average molecular weight is 424 g/mol. The number of esters is 1. The Morgan fingerprint density at radius 1 is 1.13 bits per heavy atom. The number of H-pyrrole nitrogens is 1. The fourth-order valence-electron chi connectivity index (χ4n) is 3.98. The monoisotopic (exact) mass is 424 g/mol. The number of nitrogens with one attached hydrogen (secondary N) is 1. The minimum atomic E-state index is -0.399. The van der Waals surface area contributed by atoms with Crippen molar-refractivity contribution in [3.05, 3.63) is 46.1 Å². The number of hydrogen-bond donors (Lipinski definition) is 2. The summed E-state index contributed by atoms with van der Waals surface area (Å²) in [6.07, 6.45) is 4.14. The van der Waals surface area contributed by atoms with Crippen molar-refractivity contribution in [2.45, 2.75) is 32.6 Å². The lowest BCUT2D eigenvalue weighted by atomic mass is 10.1. The molecule has 0 bridgehead atoms. The standard InChI is InChI=1S/C24H28N2O5/c1-2-3-4-5-10-31-24(29)16-6-7-18-19(13-16)25-20-14-17(26-8-11-30-12-9-26)15-21(27)22(20)23(18)28/h6-7,13-15,27H,2-5,8-12H2,1H3,(H,25,28). The van der Waals surface area contributed by atoms with E-state index in [1.807, 2.05) is 6.07 Å². The number of ether oxygens (including phenoxy) is 2. The molecule has 1 aliphatic rings. The van der Waals surface area contributed by atoms with Gasteiger partial charge < -0.3 is 24.5 Å². The number of hydrogen-bond acceptors (Lipinski definition) is 6. The maximum atomic E-state index is 13.0. The number of carbonyl (C=O) groups excluding carboxylic acids is 1. The molecule has 1 fully saturated rings. The number of nitrogens with zero attached hydrogens (tertiary/aromatic N) is 1. The van der Waals surface area contributed by atoms with Gasteiger partial charge in [-0.25, -0.2) is 4.79 Å². The Kier molecular flexibility index (Phi) is 6.42. The summed E-state index contributed by atoms with van der Waals surface area (Å²) in [6.45, 7) is 5.21. The SMILES string of the molecule is CCCCCCOC(=O)c1ccc2c(=O)c3c(O)cc(N4CCOCC4)cc3[nH]c2c1. The summed E-state index contributed by atoms with van der Waals surface area (Å²) in [7, 11) is 0. The normalized spacial score (nSPS) is 14.3. The number of anilines is 1. The first-order valence-corrected chi connectivity index (χ1v) is 10.9. The summed E-state index contributed by atoms with van der Waals surface area (Å²) in [5.74, 6) is -0.457. The third-order valence-corrected chi connectivity index (χ3v) is 5.71. The molecule has 0 atom stereocenters. The van der Waals surface area contributed by atoms with E-state index in [0.717, 1.165) is 44.5 Å². The zero-order valence-corrected chi connectivity index (χ0v) is 17.8. The number of aromatic amines is 1. The fourth-order valence-corrected chi connectivity index (χ4v) is 3.98. The van der Waals surface area contributed by atoms with E-state index in [1.54, 1.807) is 24.3 Å². The number of unbranched alkanes of at least 4 members (excludes halogenated alkanes) is 3. The maximum absolute atomic E-state index is 13.0. The van der Waals surface area contributed by atoms with Crippen molar-refractivity contribution in [1.29, 1.82) is 0 Å². The fraction of sp³-hybridized carbons (Fsp3) is 0.417. The van der Waals surface area contributed by atoms with Gasteiger partial charge >= 0.3 is 5.97 Å². The Labute approximate surface area is 180 Å². The van der Waals surface area contributed by atoms with Crippen LogP contribution in [0.4, 0.5) is 5.69 Å².